The Bertz CT molecular complexity index is 1020. The molecule has 1 fully saturated rings. The van der Waals surface area contributed by atoms with E-state index in [4.69, 9.17) is 16.3 Å². The van der Waals surface area contributed by atoms with Crippen LogP contribution in [0.3, 0.4) is 0 Å². The molecular formula is C24H26ClNO3. The van der Waals surface area contributed by atoms with Crippen LogP contribution in [0.25, 0.3) is 22.2 Å². The van der Waals surface area contributed by atoms with Gasteiger partial charge in [0, 0.05) is 11.9 Å². The number of methoxy groups -OCH3 is 1. The van der Waals surface area contributed by atoms with E-state index < -0.39 is 5.97 Å². The summed E-state index contributed by atoms with van der Waals surface area (Å²) in [5.41, 5.74) is 4.66. The predicted molar refractivity (Wildman–Crippen MR) is 117 cm³/mol. The van der Waals surface area contributed by atoms with E-state index in [1.165, 1.54) is 31.9 Å². The molecule has 1 heterocycles. The molecule has 1 saturated carbocycles. The number of nitrogens with zero attached hydrogens (tertiary/aromatic N) is 1. The average Bonchev–Trinajstić information content (AvgIpc) is 3.10. The van der Waals surface area contributed by atoms with Gasteiger partial charge < -0.3 is 14.4 Å². The zero-order valence-corrected chi connectivity index (χ0v) is 17.4. The van der Waals surface area contributed by atoms with Crippen molar-refractivity contribution in [1.82, 2.24) is 4.57 Å². The first-order valence-electron chi connectivity index (χ1n) is 10.3. The molecule has 152 valence electrons. The molecule has 1 aromatic heterocycles. The maximum atomic E-state index is 12.2. The van der Waals surface area contributed by atoms with Crippen LogP contribution in [-0.4, -0.2) is 29.4 Å². The van der Waals surface area contributed by atoms with E-state index >= 15 is 0 Å². The lowest BCUT2D eigenvalue weighted by Crippen LogP contribution is -2.08. The highest BCUT2D eigenvalue weighted by Crippen LogP contribution is 2.46. The van der Waals surface area contributed by atoms with Crippen LogP contribution in [-0.2, 0) is 11.3 Å². The number of carbonyl (C=O) groups excluding carboxylic acids is 1. The first-order valence-corrected chi connectivity index (χ1v) is 10.6. The van der Waals surface area contributed by atoms with Crippen LogP contribution in [0.2, 0.25) is 5.02 Å². The van der Waals surface area contributed by atoms with Gasteiger partial charge in [-0.1, -0.05) is 67.3 Å². The van der Waals surface area contributed by atoms with Crippen molar-refractivity contribution < 1.29 is 14.6 Å². The second kappa shape index (κ2) is 8.60. The predicted octanol–water partition coefficient (Wildman–Crippen LogP) is 5.79. The van der Waals surface area contributed by atoms with Gasteiger partial charge in [-0.25, -0.2) is 4.79 Å². The molecule has 0 bridgehead atoms. The minimum atomic E-state index is -0.450. The summed E-state index contributed by atoms with van der Waals surface area (Å²) in [6.45, 7) is 0.407. The van der Waals surface area contributed by atoms with Gasteiger partial charge in [-0.3, -0.25) is 0 Å². The van der Waals surface area contributed by atoms with Gasteiger partial charge in [0.05, 0.1) is 35.5 Å². The van der Waals surface area contributed by atoms with Crippen molar-refractivity contribution in [2.45, 2.75) is 44.6 Å². The number of halogens is 1. The van der Waals surface area contributed by atoms with Crippen molar-refractivity contribution >= 4 is 28.5 Å². The summed E-state index contributed by atoms with van der Waals surface area (Å²) in [6, 6.07) is 14.0. The molecule has 0 unspecified atom stereocenters. The van der Waals surface area contributed by atoms with E-state index in [1.54, 1.807) is 6.07 Å². The molecule has 4 nitrogen and oxygen atoms in total. The van der Waals surface area contributed by atoms with Gasteiger partial charge in [0.1, 0.15) is 0 Å². The fourth-order valence-corrected chi connectivity index (χ4v) is 5.08. The molecular weight excluding hydrogens is 386 g/mol. The molecule has 0 saturated heterocycles. The third-order valence-electron chi connectivity index (χ3n) is 5.99. The molecule has 0 atom stereocenters. The van der Waals surface area contributed by atoms with E-state index in [2.05, 4.69) is 16.7 Å². The number of esters is 1. The molecule has 1 N–H and O–H groups in total. The van der Waals surface area contributed by atoms with Crippen molar-refractivity contribution in [1.29, 1.82) is 0 Å². The Balaban J connectivity index is 2.07. The van der Waals surface area contributed by atoms with Crippen molar-refractivity contribution in [3.05, 3.63) is 58.6 Å². The molecule has 2 aromatic carbocycles. The molecule has 1 aliphatic carbocycles. The Hall–Kier alpha value is -2.30. The topological polar surface area (TPSA) is 51.5 Å². The van der Waals surface area contributed by atoms with Crippen LogP contribution in [0.4, 0.5) is 0 Å². The number of aliphatic hydroxyl groups is 1. The van der Waals surface area contributed by atoms with Gasteiger partial charge in [-0.2, -0.15) is 0 Å². The van der Waals surface area contributed by atoms with Crippen LogP contribution in [0.5, 0.6) is 0 Å². The highest BCUT2D eigenvalue weighted by Gasteiger charge is 2.28. The van der Waals surface area contributed by atoms with Crippen molar-refractivity contribution in [3.8, 4) is 11.3 Å². The molecule has 3 aromatic rings. The van der Waals surface area contributed by atoms with Crippen LogP contribution < -0.4 is 0 Å². The smallest absolute Gasteiger partial charge is 0.339 e. The summed E-state index contributed by atoms with van der Waals surface area (Å²) in [6.07, 6.45) is 6.02. The minimum absolute atomic E-state index is 0.00744. The molecule has 29 heavy (non-hydrogen) atoms. The average molecular weight is 412 g/mol. The largest absolute Gasteiger partial charge is 0.465 e. The first-order chi connectivity index (χ1) is 14.2. The number of fused-ring (bicyclic) bond motifs is 1. The molecule has 1 aliphatic rings. The van der Waals surface area contributed by atoms with Gasteiger partial charge in [0.25, 0.3) is 0 Å². The minimum Gasteiger partial charge on any atom is -0.465 e. The Morgan fingerprint density at radius 1 is 1.14 bits per heavy atom. The molecule has 0 spiro atoms. The molecule has 0 radical (unpaired) electrons. The van der Waals surface area contributed by atoms with E-state index in [-0.39, 0.29) is 6.61 Å². The summed E-state index contributed by atoms with van der Waals surface area (Å²) in [7, 11) is 1.36. The quantitative estimate of drug-likeness (QED) is 0.540. The zero-order valence-electron chi connectivity index (χ0n) is 16.7. The standard InChI is InChI=1S/C24H26ClNO3/c1-29-24(28)19-13-12-18-20(16-8-4-2-5-9-16)22(17-10-6-3-7-11-17)26(14-15-27)23(18)21(19)25/h3,6-7,10-13,16,27H,2,4-5,8-9,14-15H2,1H3. The Kier molecular flexibility index (Phi) is 5.93. The zero-order chi connectivity index (χ0) is 20.4. The van der Waals surface area contributed by atoms with Crippen LogP contribution in [0.1, 0.15) is 53.9 Å². The lowest BCUT2D eigenvalue weighted by Gasteiger charge is -2.23. The Labute approximate surface area is 176 Å². The lowest BCUT2D eigenvalue weighted by molar-refractivity contribution is 0.0601. The van der Waals surface area contributed by atoms with Crippen LogP contribution >= 0.6 is 11.6 Å². The van der Waals surface area contributed by atoms with E-state index in [0.29, 0.717) is 23.0 Å². The van der Waals surface area contributed by atoms with Crippen molar-refractivity contribution in [2.75, 3.05) is 13.7 Å². The molecule has 4 rings (SSSR count). The van der Waals surface area contributed by atoms with Crippen molar-refractivity contribution in [2.24, 2.45) is 0 Å². The second-order valence-corrected chi connectivity index (χ2v) is 8.03. The third-order valence-corrected chi connectivity index (χ3v) is 6.37. The Morgan fingerprint density at radius 2 is 1.86 bits per heavy atom. The highest BCUT2D eigenvalue weighted by molar-refractivity contribution is 6.38. The van der Waals surface area contributed by atoms with E-state index in [9.17, 15) is 9.90 Å². The monoisotopic (exact) mass is 411 g/mol. The number of ether oxygens (including phenoxy) is 1. The first kappa shape index (κ1) is 20.0. The number of aliphatic hydroxyl groups excluding tert-OH is 1. The number of rotatable bonds is 5. The number of aromatic nitrogens is 1. The number of hydrogen-bond acceptors (Lipinski definition) is 3. The maximum Gasteiger partial charge on any atom is 0.339 e. The SMILES string of the molecule is COC(=O)c1ccc2c(C3CCCCC3)c(-c3ccccc3)n(CCO)c2c1Cl. The van der Waals surface area contributed by atoms with Gasteiger partial charge in [0.15, 0.2) is 0 Å². The van der Waals surface area contributed by atoms with Gasteiger partial charge in [0.2, 0.25) is 0 Å². The third kappa shape index (κ3) is 3.56. The summed E-state index contributed by atoms with van der Waals surface area (Å²) >= 11 is 6.76. The normalized spacial score (nSPS) is 15.0. The lowest BCUT2D eigenvalue weighted by atomic mass is 9.82. The van der Waals surface area contributed by atoms with Crippen LogP contribution in [0, 0.1) is 0 Å². The number of benzene rings is 2. The fraction of sp³-hybridized carbons (Fsp3) is 0.375. The fourth-order valence-electron chi connectivity index (χ4n) is 4.73. The molecule has 5 heteroatoms. The Morgan fingerprint density at radius 3 is 2.52 bits per heavy atom. The highest BCUT2D eigenvalue weighted by atomic mass is 35.5. The summed E-state index contributed by atoms with van der Waals surface area (Å²) in [5.74, 6) is -0.00410. The maximum absolute atomic E-state index is 12.2. The van der Waals surface area contributed by atoms with E-state index in [1.807, 2.05) is 24.3 Å². The summed E-state index contributed by atoms with van der Waals surface area (Å²) in [4.78, 5) is 12.2. The van der Waals surface area contributed by atoms with Crippen molar-refractivity contribution in [3.63, 3.8) is 0 Å². The second-order valence-electron chi connectivity index (χ2n) is 7.65. The van der Waals surface area contributed by atoms with E-state index in [0.717, 1.165) is 35.0 Å². The summed E-state index contributed by atoms with van der Waals surface area (Å²) < 4.78 is 7.01. The van der Waals surface area contributed by atoms with Gasteiger partial charge in [-0.05, 0) is 36.0 Å². The summed E-state index contributed by atoms with van der Waals surface area (Å²) in [5, 5.41) is 11.3. The number of carbonyl (C=O) groups is 1. The molecule has 0 amide bonds. The number of hydrogen-bond donors (Lipinski definition) is 1. The van der Waals surface area contributed by atoms with Crippen LogP contribution in [0.15, 0.2) is 42.5 Å². The molecule has 0 aliphatic heterocycles. The van der Waals surface area contributed by atoms with Gasteiger partial charge in [-0.15, -0.1) is 0 Å². The van der Waals surface area contributed by atoms with Gasteiger partial charge >= 0.3 is 5.97 Å².